The van der Waals surface area contributed by atoms with E-state index >= 15 is 0 Å². The number of hydrogen-bond acceptors (Lipinski definition) is 3. The summed E-state index contributed by atoms with van der Waals surface area (Å²) in [6.45, 7) is 1.63. The number of amides is 2. The van der Waals surface area contributed by atoms with Crippen molar-refractivity contribution in [3.05, 3.63) is 54.3 Å². The molecule has 1 atom stereocenters. The smallest absolute Gasteiger partial charge is 0.319 e. The van der Waals surface area contributed by atoms with Crippen molar-refractivity contribution in [3.63, 3.8) is 0 Å². The summed E-state index contributed by atoms with van der Waals surface area (Å²) in [5, 5.41) is 5.65. The van der Waals surface area contributed by atoms with Crippen molar-refractivity contribution in [1.82, 2.24) is 5.32 Å². The highest BCUT2D eigenvalue weighted by Gasteiger charge is 2.24. The molecule has 1 aliphatic rings. The van der Waals surface area contributed by atoms with Gasteiger partial charge >= 0.3 is 6.03 Å². The number of urea groups is 1. The van der Waals surface area contributed by atoms with E-state index in [1.165, 1.54) is 24.3 Å². The third-order valence-electron chi connectivity index (χ3n) is 3.88. The van der Waals surface area contributed by atoms with Crippen LogP contribution in [0.4, 0.5) is 26.2 Å². The molecule has 0 saturated carbocycles. The summed E-state index contributed by atoms with van der Waals surface area (Å²) < 4.78 is 12.8. The zero-order valence-corrected chi connectivity index (χ0v) is 12.6. The van der Waals surface area contributed by atoms with Crippen LogP contribution in [0.5, 0.6) is 0 Å². The minimum absolute atomic E-state index is 0.0769. The Morgan fingerprint density at radius 2 is 1.83 bits per heavy atom. The molecule has 1 unspecified atom stereocenters. The predicted octanol–water partition coefficient (Wildman–Crippen LogP) is 2.81. The summed E-state index contributed by atoms with van der Waals surface area (Å²) in [4.78, 5) is 14.2. The highest BCUT2D eigenvalue weighted by atomic mass is 19.1. The standard InChI is InChI=1S/C17H19FN4O/c18-12-1-5-14(6-2-12)20-17(23)21-15-9-10-22(11-15)16-7-3-13(19)4-8-16/h1-8,15H,9-11,19H2,(H2,20,21,23). The zero-order valence-electron chi connectivity index (χ0n) is 12.6. The Hall–Kier alpha value is -2.76. The first-order valence-electron chi connectivity index (χ1n) is 7.54. The molecule has 5 nitrogen and oxygen atoms in total. The molecule has 1 heterocycles. The van der Waals surface area contributed by atoms with E-state index in [4.69, 9.17) is 5.73 Å². The van der Waals surface area contributed by atoms with Gasteiger partial charge in [-0.05, 0) is 55.0 Å². The van der Waals surface area contributed by atoms with Crippen LogP contribution in [0.2, 0.25) is 0 Å². The van der Waals surface area contributed by atoms with Gasteiger partial charge in [0.2, 0.25) is 0 Å². The maximum Gasteiger partial charge on any atom is 0.319 e. The van der Waals surface area contributed by atoms with Crippen LogP contribution in [-0.4, -0.2) is 25.2 Å². The van der Waals surface area contributed by atoms with Crippen LogP contribution in [0.1, 0.15) is 6.42 Å². The lowest BCUT2D eigenvalue weighted by Gasteiger charge is -2.19. The van der Waals surface area contributed by atoms with Gasteiger partial charge in [0.25, 0.3) is 0 Å². The molecule has 0 aliphatic carbocycles. The van der Waals surface area contributed by atoms with Crippen LogP contribution in [0, 0.1) is 5.82 Å². The van der Waals surface area contributed by atoms with Gasteiger partial charge in [-0.2, -0.15) is 0 Å². The van der Waals surface area contributed by atoms with Gasteiger partial charge in [0.1, 0.15) is 5.82 Å². The second-order valence-electron chi connectivity index (χ2n) is 5.63. The van der Waals surface area contributed by atoms with Crippen LogP contribution in [0.25, 0.3) is 0 Å². The molecule has 0 radical (unpaired) electrons. The van der Waals surface area contributed by atoms with Crippen LogP contribution in [0.15, 0.2) is 48.5 Å². The molecule has 0 bridgehead atoms. The highest BCUT2D eigenvalue weighted by Crippen LogP contribution is 2.21. The van der Waals surface area contributed by atoms with Crippen molar-refractivity contribution >= 4 is 23.1 Å². The lowest BCUT2D eigenvalue weighted by atomic mass is 10.2. The topological polar surface area (TPSA) is 70.4 Å². The summed E-state index contributed by atoms with van der Waals surface area (Å²) >= 11 is 0. The molecular formula is C17H19FN4O. The third kappa shape index (κ3) is 3.91. The Morgan fingerprint density at radius 3 is 2.52 bits per heavy atom. The summed E-state index contributed by atoms with van der Waals surface area (Å²) in [5.41, 5.74) is 8.10. The summed E-state index contributed by atoms with van der Waals surface area (Å²) in [6.07, 6.45) is 0.876. The second-order valence-corrected chi connectivity index (χ2v) is 5.63. The number of carbonyl (C=O) groups is 1. The molecule has 2 aromatic carbocycles. The lowest BCUT2D eigenvalue weighted by molar-refractivity contribution is 0.249. The number of nitrogens with two attached hydrogens (primary N) is 1. The normalized spacial score (nSPS) is 17.1. The monoisotopic (exact) mass is 314 g/mol. The van der Waals surface area contributed by atoms with E-state index < -0.39 is 0 Å². The van der Waals surface area contributed by atoms with Gasteiger partial charge in [-0.1, -0.05) is 0 Å². The second kappa shape index (κ2) is 6.56. The number of nitrogens with one attached hydrogen (secondary N) is 2. The molecule has 2 aromatic rings. The molecule has 1 fully saturated rings. The van der Waals surface area contributed by atoms with E-state index in [1.54, 1.807) is 0 Å². The maximum atomic E-state index is 12.8. The van der Waals surface area contributed by atoms with Crippen LogP contribution >= 0.6 is 0 Å². The Balaban J connectivity index is 1.52. The Morgan fingerprint density at radius 1 is 1.13 bits per heavy atom. The van der Waals surface area contributed by atoms with Crippen molar-refractivity contribution in [1.29, 1.82) is 0 Å². The fraction of sp³-hybridized carbons (Fsp3) is 0.235. The number of halogens is 1. The molecule has 1 aliphatic heterocycles. The summed E-state index contributed by atoms with van der Waals surface area (Å²) in [7, 11) is 0. The van der Waals surface area contributed by atoms with Crippen molar-refractivity contribution in [2.45, 2.75) is 12.5 Å². The van der Waals surface area contributed by atoms with E-state index in [9.17, 15) is 9.18 Å². The van der Waals surface area contributed by atoms with Gasteiger partial charge in [0.05, 0.1) is 0 Å². The predicted molar refractivity (Wildman–Crippen MR) is 90.0 cm³/mol. The van der Waals surface area contributed by atoms with E-state index in [-0.39, 0.29) is 17.9 Å². The van der Waals surface area contributed by atoms with Crippen molar-refractivity contribution in [2.75, 3.05) is 29.0 Å². The number of anilines is 3. The van der Waals surface area contributed by atoms with Crippen LogP contribution in [0.3, 0.4) is 0 Å². The van der Waals surface area contributed by atoms with Crippen LogP contribution in [-0.2, 0) is 0 Å². The molecule has 0 spiro atoms. The number of benzene rings is 2. The first kappa shape index (κ1) is 15.1. The quantitative estimate of drug-likeness (QED) is 0.763. The Kier molecular flexibility index (Phi) is 4.32. The van der Waals surface area contributed by atoms with Crippen molar-refractivity contribution < 1.29 is 9.18 Å². The molecule has 120 valence electrons. The third-order valence-corrected chi connectivity index (χ3v) is 3.88. The zero-order chi connectivity index (χ0) is 16.2. The van der Waals surface area contributed by atoms with Crippen LogP contribution < -0.4 is 21.3 Å². The molecule has 23 heavy (non-hydrogen) atoms. The molecule has 3 rings (SSSR count). The van der Waals surface area contributed by atoms with Crippen molar-refractivity contribution in [2.24, 2.45) is 0 Å². The van der Waals surface area contributed by atoms with Crippen molar-refractivity contribution in [3.8, 4) is 0 Å². The maximum absolute atomic E-state index is 12.8. The first-order valence-corrected chi connectivity index (χ1v) is 7.54. The molecular weight excluding hydrogens is 295 g/mol. The van der Waals surface area contributed by atoms with Gasteiger partial charge in [-0.3, -0.25) is 0 Å². The molecule has 0 aromatic heterocycles. The number of rotatable bonds is 3. The van der Waals surface area contributed by atoms with Gasteiger partial charge in [0.15, 0.2) is 0 Å². The number of carbonyl (C=O) groups excluding carboxylic acids is 1. The molecule has 2 amide bonds. The average molecular weight is 314 g/mol. The fourth-order valence-electron chi connectivity index (χ4n) is 2.68. The minimum atomic E-state index is -0.328. The largest absolute Gasteiger partial charge is 0.399 e. The number of nitrogens with zero attached hydrogens (tertiary/aromatic N) is 1. The van der Waals surface area contributed by atoms with E-state index in [0.717, 1.165) is 30.9 Å². The van der Waals surface area contributed by atoms with Gasteiger partial charge in [-0.15, -0.1) is 0 Å². The van der Waals surface area contributed by atoms with Gasteiger partial charge < -0.3 is 21.3 Å². The van der Waals surface area contributed by atoms with E-state index in [0.29, 0.717) is 5.69 Å². The average Bonchev–Trinajstić information content (AvgIpc) is 2.98. The Bertz CT molecular complexity index is 672. The SMILES string of the molecule is Nc1ccc(N2CCC(NC(=O)Nc3ccc(F)cc3)C2)cc1. The van der Waals surface area contributed by atoms with E-state index in [1.807, 2.05) is 24.3 Å². The highest BCUT2D eigenvalue weighted by molar-refractivity contribution is 5.89. The van der Waals surface area contributed by atoms with Gasteiger partial charge in [-0.25, -0.2) is 9.18 Å². The van der Waals surface area contributed by atoms with Gasteiger partial charge in [0, 0.05) is 36.2 Å². The first-order chi connectivity index (χ1) is 11.1. The lowest BCUT2D eigenvalue weighted by Crippen LogP contribution is -2.39. The number of nitrogen functional groups attached to an aromatic ring is 1. The van der Waals surface area contributed by atoms with E-state index in [2.05, 4.69) is 15.5 Å². The summed E-state index contributed by atoms with van der Waals surface area (Å²) in [6, 6.07) is 13.2. The Labute approximate surface area is 134 Å². The fourth-order valence-corrected chi connectivity index (χ4v) is 2.68. The molecule has 4 N–H and O–H groups in total. The number of hydrogen-bond donors (Lipinski definition) is 3. The molecule has 1 saturated heterocycles. The summed E-state index contributed by atoms with van der Waals surface area (Å²) in [5.74, 6) is -0.328. The molecule has 6 heteroatoms. The minimum Gasteiger partial charge on any atom is -0.399 e.